The van der Waals surface area contributed by atoms with Crippen molar-refractivity contribution in [2.45, 2.75) is 10.5 Å². The second-order valence-corrected chi connectivity index (χ2v) is 7.96. The van der Waals surface area contributed by atoms with Crippen LogP contribution in [0.4, 0.5) is 0 Å². The summed E-state index contributed by atoms with van der Waals surface area (Å²) in [5.41, 5.74) is 0. The van der Waals surface area contributed by atoms with Crippen LogP contribution in [0.2, 0.25) is 0 Å². The first kappa shape index (κ1) is 18.7. The lowest BCUT2D eigenvalue weighted by atomic mass is 10.5. The molecule has 104 valence electrons. The molecule has 17 heavy (non-hydrogen) atoms. The lowest BCUT2D eigenvalue weighted by Crippen LogP contribution is -2.15. The maximum atomic E-state index is 8.77. The van der Waals surface area contributed by atoms with Crippen LogP contribution in [0.5, 0.6) is 0 Å². The number of hydrogen-bond acceptors (Lipinski definition) is 7. The molecule has 2 unspecified atom stereocenters. The summed E-state index contributed by atoms with van der Waals surface area (Å²) in [6, 6.07) is 0. The number of hydrogen-bond donors (Lipinski definition) is 4. The molecule has 0 saturated carbocycles. The fourth-order valence-corrected chi connectivity index (χ4v) is 5.65. The van der Waals surface area contributed by atoms with Gasteiger partial charge in [-0.15, -0.1) is 0 Å². The van der Waals surface area contributed by atoms with Gasteiger partial charge in [-0.2, -0.15) is 60.5 Å². The van der Waals surface area contributed by atoms with E-state index in [4.69, 9.17) is 10.2 Å². The molecule has 0 heterocycles. The second-order valence-electron chi connectivity index (χ2n) is 3.34. The monoisotopic (exact) mass is 334 g/mol. The van der Waals surface area contributed by atoms with Crippen LogP contribution in [0.15, 0.2) is 0 Å². The number of aliphatic hydroxyl groups is 2. The molecule has 0 aliphatic rings. The third-order valence-corrected chi connectivity index (χ3v) is 7.42. The van der Waals surface area contributed by atoms with Gasteiger partial charge in [0.25, 0.3) is 0 Å². The van der Waals surface area contributed by atoms with Gasteiger partial charge in [-0.3, -0.25) is 0 Å². The lowest BCUT2D eigenvalue weighted by Gasteiger charge is -2.16. The van der Waals surface area contributed by atoms with Gasteiger partial charge in [0.1, 0.15) is 0 Å². The van der Waals surface area contributed by atoms with Crippen molar-refractivity contribution in [2.75, 3.05) is 47.7 Å². The average molecular weight is 335 g/mol. The number of thioether (sulfide) groups is 3. The summed E-state index contributed by atoms with van der Waals surface area (Å²) < 4.78 is 0. The van der Waals surface area contributed by atoms with Gasteiger partial charge in [-0.25, -0.2) is 0 Å². The first-order valence-electron chi connectivity index (χ1n) is 5.52. The highest BCUT2D eigenvalue weighted by molar-refractivity contribution is 8.05. The van der Waals surface area contributed by atoms with Crippen molar-refractivity contribution in [1.82, 2.24) is 0 Å². The van der Waals surface area contributed by atoms with Crippen LogP contribution in [0, 0.1) is 0 Å². The Hall–Kier alpha value is 1.67. The molecule has 0 rings (SSSR count). The van der Waals surface area contributed by atoms with E-state index in [-0.39, 0.29) is 13.2 Å². The molecular formula is C10H22O2S5. The van der Waals surface area contributed by atoms with Crippen LogP contribution >= 0.6 is 60.5 Å². The lowest BCUT2D eigenvalue weighted by molar-refractivity contribution is 0.322. The Balaban J connectivity index is 3.61. The van der Waals surface area contributed by atoms with Gasteiger partial charge >= 0.3 is 0 Å². The summed E-state index contributed by atoms with van der Waals surface area (Å²) in [4.78, 5) is 0. The van der Waals surface area contributed by atoms with Crippen LogP contribution in [0.1, 0.15) is 0 Å². The smallest absolute Gasteiger partial charge is 0.0521 e. The van der Waals surface area contributed by atoms with Crippen molar-refractivity contribution in [3.8, 4) is 0 Å². The number of aliphatic hydroxyl groups excluding tert-OH is 2. The largest absolute Gasteiger partial charge is 0.396 e. The zero-order valence-electron chi connectivity index (χ0n) is 9.83. The fourth-order valence-electron chi connectivity index (χ4n) is 1.08. The Labute approximate surface area is 128 Å². The molecule has 0 aliphatic heterocycles. The highest BCUT2D eigenvalue weighted by atomic mass is 32.2. The Bertz CT molecular complexity index is 146. The Kier molecular flexibility index (Phi) is 15.5. The second kappa shape index (κ2) is 14.1. The molecule has 0 saturated heterocycles. The maximum absolute atomic E-state index is 8.77. The average Bonchev–Trinajstić information content (AvgIpc) is 2.37. The molecule has 0 amide bonds. The van der Waals surface area contributed by atoms with Gasteiger partial charge in [0.2, 0.25) is 0 Å². The van der Waals surface area contributed by atoms with Crippen LogP contribution in [0.3, 0.4) is 0 Å². The van der Waals surface area contributed by atoms with E-state index in [1.165, 1.54) is 0 Å². The summed E-state index contributed by atoms with van der Waals surface area (Å²) in [6.07, 6.45) is 0. The highest BCUT2D eigenvalue weighted by Gasteiger charge is 2.11. The summed E-state index contributed by atoms with van der Waals surface area (Å²) in [5.74, 6) is 5.43. The van der Waals surface area contributed by atoms with Crippen molar-refractivity contribution in [3.63, 3.8) is 0 Å². The molecule has 7 heteroatoms. The topological polar surface area (TPSA) is 40.5 Å². The van der Waals surface area contributed by atoms with E-state index in [1.807, 2.05) is 11.8 Å². The fraction of sp³-hybridized carbons (Fsp3) is 1.00. The van der Waals surface area contributed by atoms with Gasteiger partial charge in [0.15, 0.2) is 0 Å². The molecule has 0 aromatic rings. The Morgan fingerprint density at radius 1 is 0.824 bits per heavy atom. The van der Waals surface area contributed by atoms with Crippen LogP contribution in [-0.2, 0) is 0 Å². The third kappa shape index (κ3) is 11.2. The minimum absolute atomic E-state index is 0.241. The number of rotatable bonds is 12. The van der Waals surface area contributed by atoms with Crippen LogP contribution in [0.25, 0.3) is 0 Å². The van der Waals surface area contributed by atoms with E-state index in [1.54, 1.807) is 23.5 Å². The van der Waals surface area contributed by atoms with E-state index in [2.05, 4.69) is 25.3 Å². The predicted octanol–water partition coefficient (Wildman–Crippen LogP) is 1.77. The molecule has 2 N–H and O–H groups in total. The van der Waals surface area contributed by atoms with E-state index in [0.717, 1.165) is 34.5 Å². The van der Waals surface area contributed by atoms with Crippen LogP contribution in [-0.4, -0.2) is 68.4 Å². The van der Waals surface area contributed by atoms with E-state index in [9.17, 15) is 0 Å². The molecule has 2 nitrogen and oxygen atoms in total. The number of thiol groups is 2. The summed E-state index contributed by atoms with van der Waals surface area (Å²) >= 11 is 14.1. The maximum Gasteiger partial charge on any atom is 0.0521 e. The van der Waals surface area contributed by atoms with Crippen LogP contribution < -0.4 is 0 Å². The highest BCUT2D eigenvalue weighted by Crippen LogP contribution is 2.22. The van der Waals surface area contributed by atoms with Gasteiger partial charge in [0, 0.05) is 45.0 Å². The first-order valence-corrected chi connectivity index (χ1v) is 10.0. The first-order chi connectivity index (χ1) is 8.28. The zero-order valence-corrected chi connectivity index (χ0v) is 14.1. The van der Waals surface area contributed by atoms with E-state index >= 15 is 0 Å². The van der Waals surface area contributed by atoms with Crippen molar-refractivity contribution >= 4 is 60.5 Å². The van der Waals surface area contributed by atoms with Crippen molar-refractivity contribution < 1.29 is 10.2 Å². The van der Waals surface area contributed by atoms with Gasteiger partial charge in [-0.1, -0.05) is 0 Å². The van der Waals surface area contributed by atoms with Gasteiger partial charge in [0.05, 0.1) is 13.2 Å². The molecule has 0 aliphatic carbocycles. The summed E-state index contributed by atoms with van der Waals surface area (Å²) in [7, 11) is 0. The van der Waals surface area contributed by atoms with Crippen molar-refractivity contribution in [2.24, 2.45) is 0 Å². The molecule has 0 radical (unpaired) electrons. The van der Waals surface area contributed by atoms with Gasteiger partial charge in [-0.05, 0) is 0 Å². The Morgan fingerprint density at radius 2 is 1.24 bits per heavy atom. The SMILES string of the molecule is OCCSC(CS)CSCC(CS)SCCO. The van der Waals surface area contributed by atoms with Crippen molar-refractivity contribution in [1.29, 1.82) is 0 Å². The minimum atomic E-state index is 0.241. The molecule has 0 fully saturated rings. The predicted molar refractivity (Wildman–Crippen MR) is 91.7 cm³/mol. The van der Waals surface area contributed by atoms with Gasteiger partial charge < -0.3 is 10.2 Å². The molecular weight excluding hydrogens is 312 g/mol. The summed E-state index contributed by atoms with van der Waals surface area (Å²) in [5, 5.41) is 18.6. The standard InChI is InChI=1S/C10H22O2S5/c11-1-3-16-9(5-13)7-15-8-10(6-14)17-4-2-12/h9-14H,1-8H2. The molecule has 0 aromatic heterocycles. The van der Waals surface area contributed by atoms with E-state index < -0.39 is 0 Å². The normalized spacial score (nSPS) is 14.8. The molecule has 0 bridgehead atoms. The quantitative estimate of drug-likeness (QED) is 0.410. The summed E-state index contributed by atoms with van der Waals surface area (Å²) in [6.45, 7) is 0.483. The Morgan fingerprint density at radius 3 is 1.53 bits per heavy atom. The molecule has 2 atom stereocenters. The van der Waals surface area contributed by atoms with Crippen molar-refractivity contribution in [3.05, 3.63) is 0 Å². The molecule has 0 aromatic carbocycles. The molecule has 0 spiro atoms. The van der Waals surface area contributed by atoms with E-state index in [0.29, 0.717) is 10.5 Å². The minimum Gasteiger partial charge on any atom is -0.396 e. The zero-order chi connectivity index (χ0) is 12.9. The third-order valence-electron chi connectivity index (χ3n) is 1.90.